The van der Waals surface area contributed by atoms with Gasteiger partial charge in [-0.3, -0.25) is 0 Å². The van der Waals surface area contributed by atoms with E-state index in [9.17, 15) is 0 Å². The number of rotatable bonds is 2. The zero-order valence-electron chi connectivity index (χ0n) is 8.65. The zero-order valence-corrected chi connectivity index (χ0v) is 8.65. The summed E-state index contributed by atoms with van der Waals surface area (Å²) in [4.78, 5) is 0. The summed E-state index contributed by atoms with van der Waals surface area (Å²) in [6.45, 7) is 6.34. The van der Waals surface area contributed by atoms with Crippen molar-refractivity contribution >= 4 is 11.4 Å². The van der Waals surface area contributed by atoms with E-state index in [1.54, 1.807) is 0 Å². The van der Waals surface area contributed by atoms with Crippen molar-refractivity contribution in [2.45, 2.75) is 33.6 Å². The van der Waals surface area contributed by atoms with Crippen molar-refractivity contribution in [2.75, 3.05) is 11.5 Å². The molecule has 0 aliphatic heterocycles. The van der Waals surface area contributed by atoms with E-state index >= 15 is 0 Å². The fourth-order valence-electron chi connectivity index (χ4n) is 1.78. The monoisotopic (exact) mass is 178 g/mol. The highest BCUT2D eigenvalue weighted by Crippen LogP contribution is 2.27. The van der Waals surface area contributed by atoms with E-state index in [0.717, 1.165) is 24.1 Å². The Kier molecular flexibility index (Phi) is 2.81. The fourth-order valence-corrected chi connectivity index (χ4v) is 1.78. The maximum atomic E-state index is 5.86. The van der Waals surface area contributed by atoms with Crippen molar-refractivity contribution in [2.24, 2.45) is 0 Å². The van der Waals surface area contributed by atoms with E-state index in [0.29, 0.717) is 5.69 Å². The van der Waals surface area contributed by atoms with Gasteiger partial charge in [0, 0.05) is 0 Å². The second-order valence-electron chi connectivity index (χ2n) is 3.35. The Hall–Kier alpha value is -1.18. The lowest BCUT2D eigenvalue weighted by atomic mass is 9.95. The Morgan fingerprint density at radius 2 is 1.77 bits per heavy atom. The highest BCUT2D eigenvalue weighted by molar-refractivity contribution is 5.70. The summed E-state index contributed by atoms with van der Waals surface area (Å²) in [5.74, 6) is 0. The molecule has 0 unspecified atom stereocenters. The van der Waals surface area contributed by atoms with Gasteiger partial charge >= 0.3 is 0 Å². The van der Waals surface area contributed by atoms with Crippen molar-refractivity contribution < 1.29 is 0 Å². The van der Waals surface area contributed by atoms with Crippen molar-refractivity contribution in [3.05, 3.63) is 22.8 Å². The average Bonchev–Trinajstić information content (AvgIpc) is 2.13. The number of hydrogen-bond acceptors (Lipinski definition) is 2. The quantitative estimate of drug-likeness (QED) is 0.683. The molecule has 0 aliphatic carbocycles. The molecule has 0 spiro atoms. The highest BCUT2D eigenvalue weighted by Gasteiger charge is 2.08. The molecule has 13 heavy (non-hydrogen) atoms. The molecule has 0 aliphatic rings. The fraction of sp³-hybridized carbons (Fsp3) is 0.455. The molecule has 2 heteroatoms. The van der Waals surface area contributed by atoms with Gasteiger partial charge in [0.1, 0.15) is 0 Å². The first kappa shape index (κ1) is 9.90. The molecular weight excluding hydrogens is 160 g/mol. The minimum atomic E-state index is 0.714. The first-order valence-electron chi connectivity index (χ1n) is 4.78. The molecule has 1 aromatic rings. The van der Waals surface area contributed by atoms with Gasteiger partial charge in [-0.2, -0.15) is 0 Å². The van der Waals surface area contributed by atoms with Gasteiger partial charge in [-0.1, -0.05) is 13.8 Å². The van der Waals surface area contributed by atoms with Crippen LogP contribution in [0, 0.1) is 6.92 Å². The van der Waals surface area contributed by atoms with Gasteiger partial charge in [0.15, 0.2) is 0 Å². The van der Waals surface area contributed by atoms with Gasteiger partial charge in [-0.15, -0.1) is 0 Å². The number of anilines is 2. The van der Waals surface area contributed by atoms with Gasteiger partial charge < -0.3 is 11.5 Å². The maximum absolute atomic E-state index is 5.86. The predicted octanol–water partition coefficient (Wildman–Crippen LogP) is 2.28. The lowest BCUT2D eigenvalue weighted by Gasteiger charge is -2.14. The maximum Gasteiger partial charge on any atom is 0.0580 e. The highest BCUT2D eigenvalue weighted by atomic mass is 14.7. The molecule has 0 amide bonds. The summed E-state index contributed by atoms with van der Waals surface area (Å²) in [6.07, 6.45) is 2.05. The van der Waals surface area contributed by atoms with Crippen LogP contribution in [0.1, 0.15) is 30.5 Å². The van der Waals surface area contributed by atoms with Crippen molar-refractivity contribution in [3.63, 3.8) is 0 Å². The van der Waals surface area contributed by atoms with Gasteiger partial charge in [-0.05, 0) is 42.5 Å². The molecule has 1 aromatic carbocycles. The first-order chi connectivity index (χ1) is 6.11. The van der Waals surface area contributed by atoms with Crippen molar-refractivity contribution in [1.29, 1.82) is 0 Å². The van der Waals surface area contributed by atoms with Gasteiger partial charge in [0.25, 0.3) is 0 Å². The Morgan fingerprint density at radius 1 is 1.15 bits per heavy atom. The SMILES string of the molecule is CCc1cc(N)c(N)c(C)c1CC. The van der Waals surface area contributed by atoms with E-state index in [-0.39, 0.29) is 0 Å². The summed E-state index contributed by atoms with van der Waals surface area (Å²) in [7, 11) is 0. The third kappa shape index (κ3) is 1.62. The molecule has 0 radical (unpaired) electrons. The van der Waals surface area contributed by atoms with Crippen LogP contribution in [0.3, 0.4) is 0 Å². The second-order valence-corrected chi connectivity index (χ2v) is 3.35. The zero-order chi connectivity index (χ0) is 10.0. The summed E-state index contributed by atoms with van der Waals surface area (Å²) in [5.41, 5.74) is 16.9. The Morgan fingerprint density at radius 3 is 2.23 bits per heavy atom. The van der Waals surface area contributed by atoms with Gasteiger partial charge in [0.05, 0.1) is 11.4 Å². The van der Waals surface area contributed by atoms with E-state index in [4.69, 9.17) is 11.5 Å². The molecule has 0 heterocycles. The molecule has 0 saturated heterocycles. The molecule has 4 N–H and O–H groups in total. The Bertz CT molecular complexity index is 316. The summed E-state index contributed by atoms with van der Waals surface area (Å²) >= 11 is 0. The Balaban J connectivity index is 3.39. The standard InChI is InChI=1S/C11H18N2/c1-4-8-6-10(12)11(13)7(3)9(8)5-2/h6H,4-5,12-13H2,1-3H3. The second kappa shape index (κ2) is 3.69. The van der Waals surface area contributed by atoms with E-state index in [2.05, 4.69) is 13.8 Å². The first-order valence-corrected chi connectivity index (χ1v) is 4.78. The van der Waals surface area contributed by atoms with Crippen LogP contribution in [-0.4, -0.2) is 0 Å². The number of aryl methyl sites for hydroxylation is 1. The molecule has 0 aromatic heterocycles. The number of hydrogen-bond donors (Lipinski definition) is 2. The molecule has 0 bridgehead atoms. The lowest BCUT2D eigenvalue weighted by molar-refractivity contribution is 1.02. The molecule has 0 saturated carbocycles. The minimum absolute atomic E-state index is 0.714. The largest absolute Gasteiger partial charge is 0.397 e. The summed E-state index contributed by atoms with van der Waals surface area (Å²) < 4.78 is 0. The van der Waals surface area contributed by atoms with Crippen LogP contribution in [0.25, 0.3) is 0 Å². The van der Waals surface area contributed by atoms with Crippen LogP contribution < -0.4 is 11.5 Å². The van der Waals surface area contributed by atoms with Crippen molar-refractivity contribution in [1.82, 2.24) is 0 Å². The summed E-state index contributed by atoms with van der Waals surface area (Å²) in [5, 5.41) is 0. The minimum Gasteiger partial charge on any atom is -0.397 e. The normalized spacial score (nSPS) is 10.4. The summed E-state index contributed by atoms with van der Waals surface area (Å²) in [6, 6.07) is 2.00. The van der Waals surface area contributed by atoms with Crippen LogP contribution in [-0.2, 0) is 12.8 Å². The number of nitrogens with two attached hydrogens (primary N) is 2. The van der Waals surface area contributed by atoms with Crippen LogP contribution >= 0.6 is 0 Å². The molecule has 0 fully saturated rings. The van der Waals surface area contributed by atoms with E-state index in [1.165, 1.54) is 11.1 Å². The van der Waals surface area contributed by atoms with E-state index in [1.807, 2.05) is 13.0 Å². The van der Waals surface area contributed by atoms with Crippen molar-refractivity contribution in [3.8, 4) is 0 Å². The van der Waals surface area contributed by atoms with E-state index < -0.39 is 0 Å². The van der Waals surface area contributed by atoms with Crippen LogP contribution in [0.4, 0.5) is 11.4 Å². The molecule has 72 valence electrons. The van der Waals surface area contributed by atoms with Crippen LogP contribution in [0.5, 0.6) is 0 Å². The molecule has 1 rings (SSSR count). The smallest absolute Gasteiger partial charge is 0.0580 e. The van der Waals surface area contributed by atoms with Gasteiger partial charge in [0.2, 0.25) is 0 Å². The average molecular weight is 178 g/mol. The van der Waals surface area contributed by atoms with Crippen LogP contribution in [0.2, 0.25) is 0 Å². The number of benzene rings is 1. The lowest BCUT2D eigenvalue weighted by Crippen LogP contribution is -2.04. The molecular formula is C11H18N2. The predicted molar refractivity (Wildman–Crippen MR) is 58.8 cm³/mol. The number of nitrogen functional groups attached to an aromatic ring is 2. The third-order valence-electron chi connectivity index (χ3n) is 2.62. The van der Waals surface area contributed by atoms with Gasteiger partial charge in [-0.25, -0.2) is 0 Å². The Labute approximate surface area is 79.9 Å². The molecule has 2 nitrogen and oxygen atoms in total. The van der Waals surface area contributed by atoms with Crippen LogP contribution in [0.15, 0.2) is 6.07 Å². The molecule has 0 atom stereocenters. The third-order valence-corrected chi connectivity index (χ3v) is 2.62. The topological polar surface area (TPSA) is 52.0 Å².